The molecule has 7 heteroatoms. The van der Waals surface area contributed by atoms with E-state index in [1.54, 1.807) is 19.1 Å². The Bertz CT molecular complexity index is 1430. The molecule has 0 unspecified atom stereocenters. The van der Waals surface area contributed by atoms with Gasteiger partial charge in [0.15, 0.2) is 0 Å². The van der Waals surface area contributed by atoms with Gasteiger partial charge in [0.05, 0.1) is 37.5 Å². The number of aryl methyl sites for hydroxylation is 3. The van der Waals surface area contributed by atoms with Crippen LogP contribution in [0.1, 0.15) is 35.7 Å². The average molecular weight is 500 g/mol. The predicted octanol–water partition coefficient (Wildman–Crippen LogP) is 5.66. The number of amides is 1. The second-order valence-corrected chi connectivity index (χ2v) is 9.52. The average Bonchev–Trinajstić information content (AvgIpc) is 3.47. The van der Waals surface area contributed by atoms with Gasteiger partial charge in [-0.2, -0.15) is 0 Å². The Morgan fingerprint density at radius 2 is 1.78 bits per heavy atom. The summed E-state index contributed by atoms with van der Waals surface area (Å²) in [5, 5.41) is 0. The third-order valence-corrected chi connectivity index (χ3v) is 6.97. The summed E-state index contributed by atoms with van der Waals surface area (Å²) in [5.41, 5.74) is 5.11. The van der Waals surface area contributed by atoms with Crippen LogP contribution < -0.4 is 19.1 Å². The zero-order valence-electron chi connectivity index (χ0n) is 21.9. The molecule has 5 rings (SSSR count). The highest BCUT2D eigenvalue weighted by atomic mass is 16.5. The van der Waals surface area contributed by atoms with E-state index in [4.69, 9.17) is 19.2 Å². The summed E-state index contributed by atoms with van der Waals surface area (Å²) in [6.07, 6.45) is 1.22. The van der Waals surface area contributed by atoms with Gasteiger partial charge in [0.1, 0.15) is 23.1 Å². The zero-order chi connectivity index (χ0) is 25.9. The van der Waals surface area contributed by atoms with Crippen molar-refractivity contribution in [2.75, 3.05) is 32.3 Å². The number of para-hydroxylation sites is 2. The van der Waals surface area contributed by atoms with Crippen molar-refractivity contribution in [1.29, 1.82) is 0 Å². The van der Waals surface area contributed by atoms with Crippen LogP contribution in [-0.2, 0) is 11.3 Å². The maximum Gasteiger partial charge on any atom is 0.227 e. The molecule has 1 saturated heterocycles. The van der Waals surface area contributed by atoms with E-state index in [1.165, 1.54) is 5.56 Å². The number of hydrogen-bond acceptors (Lipinski definition) is 5. The van der Waals surface area contributed by atoms with E-state index in [1.807, 2.05) is 42.5 Å². The Kier molecular flexibility index (Phi) is 7.04. The number of anilines is 1. The first kappa shape index (κ1) is 24.7. The van der Waals surface area contributed by atoms with Crippen molar-refractivity contribution in [2.45, 2.75) is 39.2 Å². The molecule has 37 heavy (non-hydrogen) atoms. The van der Waals surface area contributed by atoms with Crippen LogP contribution in [0.15, 0.2) is 60.7 Å². The summed E-state index contributed by atoms with van der Waals surface area (Å²) in [6, 6.07) is 19.9. The molecule has 0 aliphatic carbocycles. The van der Waals surface area contributed by atoms with Crippen LogP contribution in [0, 0.1) is 13.8 Å². The third-order valence-electron chi connectivity index (χ3n) is 6.97. The summed E-state index contributed by atoms with van der Waals surface area (Å²) in [7, 11) is 3.23. The van der Waals surface area contributed by atoms with E-state index in [2.05, 4.69) is 36.6 Å². The van der Waals surface area contributed by atoms with Crippen molar-refractivity contribution in [2.24, 2.45) is 0 Å². The van der Waals surface area contributed by atoms with Gasteiger partial charge in [-0.15, -0.1) is 0 Å². The number of rotatable bonds is 9. The van der Waals surface area contributed by atoms with Crippen molar-refractivity contribution in [3.8, 4) is 17.2 Å². The number of methoxy groups -OCH3 is 2. The molecule has 3 aromatic carbocycles. The number of carbonyl (C=O) groups is 1. The maximum absolute atomic E-state index is 13.2. The molecule has 0 bridgehead atoms. The molecule has 1 aromatic heterocycles. The van der Waals surface area contributed by atoms with Crippen molar-refractivity contribution in [3.63, 3.8) is 0 Å². The van der Waals surface area contributed by atoms with E-state index in [0.29, 0.717) is 31.1 Å². The Hall–Kier alpha value is -4.00. The van der Waals surface area contributed by atoms with Crippen LogP contribution in [0.25, 0.3) is 11.0 Å². The first-order chi connectivity index (χ1) is 18.0. The number of fused-ring (bicyclic) bond motifs is 1. The molecule has 1 atom stereocenters. The van der Waals surface area contributed by atoms with E-state index in [9.17, 15) is 4.79 Å². The van der Waals surface area contributed by atoms with Gasteiger partial charge >= 0.3 is 0 Å². The summed E-state index contributed by atoms with van der Waals surface area (Å²) in [5.74, 6) is 3.20. The lowest BCUT2D eigenvalue weighted by Gasteiger charge is -2.20. The SMILES string of the molecule is COc1ccc(OC)c(N2C[C@@H](c3nc4ccccc4n3CCCOc3ccc(C)cc3C)CC2=O)c1. The van der Waals surface area contributed by atoms with E-state index in [-0.39, 0.29) is 11.8 Å². The molecule has 2 heterocycles. The quantitative estimate of drug-likeness (QED) is 0.278. The largest absolute Gasteiger partial charge is 0.497 e. The minimum absolute atomic E-state index is 0.0314. The minimum Gasteiger partial charge on any atom is -0.497 e. The smallest absolute Gasteiger partial charge is 0.227 e. The van der Waals surface area contributed by atoms with Crippen LogP contribution in [0.5, 0.6) is 17.2 Å². The number of carbonyl (C=O) groups excluding carboxylic acids is 1. The van der Waals surface area contributed by atoms with Gasteiger partial charge in [-0.1, -0.05) is 29.8 Å². The number of imidazole rings is 1. The van der Waals surface area contributed by atoms with Gasteiger partial charge in [0.25, 0.3) is 0 Å². The van der Waals surface area contributed by atoms with Crippen LogP contribution in [0.4, 0.5) is 5.69 Å². The van der Waals surface area contributed by atoms with Crippen molar-refractivity contribution < 1.29 is 19.0 Å². The zero-order valence-corrected chi connectivity index (χ0v) is 21.9. The van der Waals surface area contributed by atoms with E-state index >= 15 is 0 Å². The summed E-state index contributed by atoms with van der Waals surface area (Å²) >= 11 is 0. The van der Waals surface area contributed by atoms with Crippen molar-refractivity contribution >= 4 is 22.6 Å². The monoisotopic (exact) mass is 499 g/mol. The van der Waals surface area contributed by atoms with Crippen LogP contribution in [0.2, 0.25) is 0 Å². The second-order valence-electron chi connectivity index (χ2n) is 9.52. The summed E-state index contributed by atoms with van der Waals surface area (Å²) in [6.45, 7) is 6.05. The third kappa shape index (κ3) is 4.99. The van der Waals surface area contributed by atoms with E-state index in [0.717, 1.165) is 46.8 Å². The fourth-order valence-corrected chi connectivity index (χ4v) is 5.13. The van der Waals surface area contributed by atoms with Gasteiger partial charge in [-0.25, -0.2) is 4.98 Å². The molecule has 7 nitrogen and oxygen atoms in total. The predicted molar refractivity (Wildman–Crippen MR) is 145 cm³/mol. The standard InChI is InChI=1S/C30H33N3O4/c1-20-10-12-27(21(2)16-20)37-15-7-14-32-25-9-6-5-8-24(25)31-30(32)22-17-29(34)33(19-22)26-18-23(35-3)11-13-28(26)36-4/h5-6,8-13,16,18,22H,7,14-15,17,19H2,1-4H3/t22-/m0/s1. The fourth-order valence-electron chi connectivity index (χ4n) is 5.13. The lowest BCUT2D eigenvalue weighted by Crippen LogP contribution is -2.25. The van der Waals surface area contributed by atoms with Gasteiger partial charge in [0.2, 0.25) is 5.91 Å². The molecule has 1 aliphatic heterocycles. The number of nitrogens with zero attached hydrogens (tertiary/aromatic N) is 3. The molecule has 1 aliphatic rings. The Morgan fingerprint density at radius 1 is 0.973 bits per heavy atom. The first-order valence-electron chi connectivity index (χ1n) is 12.7. The molecule has 1 fully saturated rings. The highest BCUT2D eigenvalue weighted by Crippen LogP contribution is 2.39. The van der Waals surface area contributed by atoms with Crippen LogP contribution >= 0.6 is 0 Å². The van der Waals surface area contributed by atoms with E-state index < -0.39 is 0 Å². The second kappa shape index (κ2) is 10.5. The van der Waals surface area contributed by atoms with Gasteiger partial charge in [-0.3, -0.25) is 4.79 Å². The maximum atomic E-state index is 13.2. The fraction of sp³-hybridized carbons (Fsp3) is 0.333. The van der Waals surface area contributed by atoms with Crippen LogP contribution in [0.3, 0.4) is 0 Å². The molecule has 192 valence electrons. The number of benzene rings is 3. The highest BCUT2D eigenvalue weighted by Gasteiger charge is 2.36. The van der Waals surface area contributed by atoms with Gasteiger partial charge in [0, 0.05) is 31.5 Å². The first-order valence-corrected chi connectivity index (χ1v) is 12.7. The molecule has 1 amide bonds. The molecule has 4 aromatic rings. The summed E-state index contributed by atoms with van der Waals surface area (Å²) in [4.78, 5) is 20.0. The Morgan fingerprint density at radius 3 is 2.57 bits per heavy atom. The number of ether oxygens (including phenoxy) is 3. The van der Waals surface area contributed by atoms with Crippen LogP contribution in [-0.4, -0.2) is 42.8 Å². The normalized spacial score (nSPS) is 15.4. The minimum atomic E-state index is -0.0314. The molecule has 0 saturated carbocycles. The molecular formula is C30H33N3O4. The van der Waals surface area contributed by atoms with Gasteiger partial charge in [-0.05, 0) is 56.2 Å². The summed E-state index contributed by atoms with van der Waals surface area (Å²) < 4.78 is 19.3. The highest BCUT2D eigenvalue weighted by molar-refractivity contribution is 5.98. The van der Waals surface area contributed by atoms with Crippen molar-refractivity contribution in [3.05, 3.63) is 77.6 Å². The topological polar surface area (TPSA) is 65.8 Å². The van der Waals surface area contributed by atoms with Gasteiger partial charge < -0.3 is 23.7 Å². The Labute approximate surface area is 217 Å². The van der Waals surface area contributed by atoms with Crippen molar-refractivity contribution in [1.82, 2.24) is 9.55 Å². The Balaban J connectivity index is 1.37. The molecule has 0 spiro atoms. The molecule has 0 radical (unpaired) electrons. The lowest BCUT2D eigenvalue weighted by atomic mass is 10.1. The number of hydrogen-bond donors (Lipinski definition) is 0. The number of aromatic nitrogens is 2. The molecular weight excluding hydrogens is 466 g/mol. The molecule has 0 N–H and O–H groups in total. The lowest BCUT2D eigenvalue weighted by molar-refractivity contribution is -0.117.